The molecule has 1 aromatic carbocycles. The predicted molar refractivity (Wildman–Crippen MR) is 73.1 cm³/mol. The Labute approximate surface area is 111 Å². The van der Waals surface area contributed by atoms with Crippen molar-refractivity contribution in [3.05, 3.63) is 34.3 Å². The molecule has 1 unspecified atom stereocenters. The van der Waals surface area contributed by atoms with Gasteiger partial charge in [-0.2, -0.15) is 0 Å². The van der Waals surface area contributed by atoms with Crippen LogP contribution < -0.4 is 5.32 Å². The van der Waals surface area contributed by atoms with Crippen LogP contribution in [0.2, 0.25) is 0 Å². The SMILES string of the molecule is CN(Cc1cccc(Br)c1)CC1COCCN1. The fourth-order valence-corrected chi connectivity index (χ4v) is 2.57. The maximum atomic E-state index is 5.46. The van der Waals surface area contributed by atoms with Crippen LogP contribution in [0.5, 0.6) is 0 Å². The van der Waals surface area contributed by atoms with Crippen LogP contribution in [0.3, 0.4) is 0 Å². The Morgan fingerprint density at radius 1 is 1.53 bits per heavy atom. The molecule has 1 fully saturated rings. The highest BCUT2D eigenvalue weighted by Gasteiger charge is 2.14. The minimum atomic E-state index is 0.459. The van der Waals surface area contributed by atoms with Gasteiger partial charge in [-0.25, -0.2) is 0 Å². The highest BCUT2D eigenvalue weighted by molar-refractivity contribution is 9.10. The van der Waals surface area contributed by atoms with Crippen LogP contribution in [-0.2, 0) is 11.3 Å². The van der Waals surface area contributed by atoms with E-state index in [0.29, 0.717) is 6.04 Å². The first-order chi connectivity index (χ1) is 8.24. The summed E-state index contributed by atoms with van der Waals surface area (Å²) in [7, 11) is 2.15. The van der Waals surface area contributed by atoms with E-state index in [9.17, 15) is 0 Å². The number of nitrogens with zero attached hydrogens (tertiary/aromatic N) is 1. The van der Waals surface area contributed by atoms with Crippen molar-refractivity contribution in [3.8, 4) is 0 Å². The molecule has 17 heavy (non-hydrogen) atoms. The molecule has 0 bridgehead atoms. The second kappa shape index (κ2) is 6.50. The summed E-state index contributed by atoms with van der Waals surface area (Å²) in [6, 6.07) is 8.92. The van der Waals surface area contributed by atoms with Crippen LogP contribution in [0.25, 0.3) is 0 Å². The quantitative estimate of drug-likeness (QED) is 0.918. The fraction of sp³-hybridized carbons (Fsp3) is 0.538. The van der Waals surface area contributed by atoms with Gasteiger partial charge in [-0.15, -0.1) is 0 Å². The second-order valence-corrected chi connectivity index (χ2v) is 5.47. The molecule has 4 heteroatoms. The van der Waals surface area contributed by atoms with Gasteiger partial charge in [-0.1, -0.05) is 28.1 Å². The van der Waals surface area contributed by atoms with E-state index in [4.69, 9.17) is 4.74 Å². The zero-order valence-electron chi connectivity index (χ0n) is 10.2. The highest BCUT2D eigenvalue weighted by atomic mass is 79.9. The third kappa shape index (κ3) is 4.39. The largest absolute Gasteiger partial charge is 0.378 e. The lowest BCUT2D eigenvalue weighted by molar-refractivity contribution is 0.0645. The van der Waals surface area contributed by atoms with E-state index in [1.165, 1.54) is 5.56 Å². The van der Waals surface area contributed by atoms with Gasteiger partial charge in [0.25, 0.3) is 0 Å². The van der Waals surface area contributed by atoms with E-state index in [-0.39, 0.29) is 0 Å². The van der Waals surface area contributed by atoms with Gasteiger partial charge < -0.3 is 15.0 Å². The van der Waals surface area contributed by atoms with Gasteiger partial charge in [-0.05, 0) is 24.7 Å². The number of morpholine rings is 1. The molecule has 1 atom stereocenters. The lowest BCUT2D eigenvalue weighted by Gasteiger charge is -2.28. The van der Waals surface area contributed by atoms with Gasteiger partial charge in [0, 0.05) is 30.1 Å². The van der Waals surface area contributed by atoms with Crippen molar-refractivity contribution in [1.82, 2.24) is 10.2 Å². The molecule has 3 nitrogen and oxygen atoms in total. The van der Waals surface area contributed by atoms with Gasteiger partial charge >= 0.3 is 0 Å². The molecule has 1 heterocycles. The molecule has 0 radical (unpaired) electrons. The van der Waals surface area contributed by atoms with Crippen LogP contribution >= 0.6 is 15.9 Å². The van der Waals surface area contributed by atoms with Crippen molar-refractivity contribution >= 4 is 15.9 Å². The number of hydrogen-bond acceptors (Lipinski definition) is 3. The Hall–Kier alpha value is -0.420. The molecule has 0 saturated carbocycles. The second-order valence-electron chi connectivity index (χ2n) is 4.55. The number of rotatable bonds is 4. The van der Waals surface area contributed by atoms with E-state index in [1.807, 2.05) is 0 Å². The Balaban J connectivity index is 1.82. The lowest BCUT2D eigenvalue weighted by atomic mass is 10.2. The summed E-state index contributed by atoms with van der Waals surface area (Å²) in [6.07, 6.45) is 0. The van der Waals surface area contributed by atoms with E-state index < -0.39 is 0 Å². The molecule has 0 aromatic heterocycles. The zero-order valence-corrected chi connectivity index (χ0v) is 11.7. The van der Waals surface area contributed by atoms with E-state index in [0.717, 1.165) is 37.3 Å². The highest BCUT2D eigenvalue weighted by Crippen LogP contribution is 2.13. The van der Waals surface area contributed by atoms with Gasteiger partial charge in [-0.3, -0.25) is 0 Å². The van der Waals surface area contributed by atoms with Crippen LogP contribution in [0.15, 0.2) is 28.7 Å². The molecule has 0 spiro atoms. The molecule has 1 N–H and O–H groups in total. The molecule has 1 aliphatic heterocycles. The van der Waals surface area contributed by atoms with Gasteiger partial charge in [0.05, 0.1) is 13.2 Å². The minimum absolute atomic E-state index is 0.459. The summed E-state index contributed by atoms with van der Waals surface area (Å²) in [6.45, 7) is 4.62. The molecule has 2 rings (SSSR count). The maximum absolute atomic E-state index is 5.46. The van der Waals surface area contributed by atoms with Crippen LogP contribution in [0.1, 0.15) is 5.56 Å². The summed E-state index contributed by atoms with van der Waals surface area (Å²) < 4.78 is 6.60. The number of ether oxygens (including phenoxy) is 1. The van der Waals surface area contributed by atoms with E-state index in [2.05, 4.69) is 57.5 Å². The number of halogens is 1. The number of benzene rings is 1. The monoisotopic (exact) mass is 298 g/mol. The summed E-state index contributed by atoms with van der Waals surface area (Å²) in [5.41, 5.74) is 1.33. The van der Waals surface area contributed by atoms with Gasteiger partial charge in [0.2, 0.25) is 0 Å². The standard InChI is InChI=1S/C13H19BrN2O/c1-16(9-13-10-17-6-5-15-13)8-11-3-2-4-12(14)7-11/h2-4,7,13,15H,5-6,8-10H2,1H3. The molecule has 0 amide bonds. The van der Waals surface area contributed by atoms with Crippen molar-refractivity contribution in [3.63, 3.8) is 0 Å². The minimum Gasteiger partial charge on any atom is -0.378 e. The predicted octanol–water partition coefficient (Wildman–Crippen LogP) is 1.87. The van der Waals surface area contributed by atoms with Crippen molar-refractivity contribution < 1.29 is 4.74 Å². The third-order valence-corrected chi connectivity index (χ3v) is 3.37. The normalized spacial score (nSPS) is 20.8. The molecular weight excluding hydrogens is 280 g/mol. The number of nitrogens with one attached hydrogen (secondary N) is 1. The molecular formula is C13H19BrN2O. The van der Waals surface area contributed by atoms with Crippen LogP contribution in [-0.4, -0.2) is 44.3 Å². The molecule has 1 saturated heterocycles. The van der Waals surface area contributed by atoms with E-state index >= 15 is 0 Å². The topological polar surface area (TPSA) is 24.5 Å². The van der Waals surface area contributed by atoms with Crippen LogP contribution in [0, 0.1) is 0 Å². The van der Waals surface area contributed by atoms with Crippen molar-refractivity contribution in [2.45, 2.75) is 12.6 Å². The van der Waals surface area contributed by atoms with Gasteiger partial charge in [0.15, 0.2) is 0 Å². The molecule has 0 aliphatic carbocycles. The third-order valence-electron chi connectivity index (χ3n) is 2.87. The van der Waals surface area contributed by atoms with E-state index in [1.54, 1.807) is 0 Å². The first-order valence-electron chi connectivity index (χ1n) is 5.98. The number of hydrogen-bond donors (Lipinski definition) is 1. The molecule has 1 aromatic rings. The van der Waals surface area contributed by atoms with Gasteiger partial charge in [0.1, 0.15) is 0 Å². The lowest BCUT2D eigenvalue weighted by Crippen LogP contribution is -2.47. The summed E-state index contributed by atoms with van der Waals surface area (Å²) in [5, 5.41) is 3.47. The Bertz CT molecular complexity index is 353. The average molecular weight is 299 g/mol. The summed E-state index contributed by atoms with van der Waals surface area (Å²) in [5.74, 6) is 0. The molecule has 94 valence electrons. The smallest absolute Gasteiger partial charge is 0.0632 e. The Morgan fingerprint density at radius 3 is 3.12 bits per heavy atom. The Kier molecular flexibility index (Phi) is 4.98. The van der Waals surface area contributed by atoms with Crippen molar-refractivity contribution in [2.75, 3.05) is 33.4 Å². The Morgan fingerprint density at radius 2 is 2.41 bits per heavy atom. The first kappa shape index (κ1) is 13.0. The summed E-state index contributed by atoms with van der Waals surface area (Å²) in [4.78, 5) is 2.33. The zero-order chi connectivity index (χ0) is 12.1. The first-order valence-corrected chi connectivity index (χ1v) is 6.77. The molecule has 1 aliphatic rings. The van der Waals surface area contributed by atoms with Crippen molar-refractivity contribution in [1.29, 1.82) is 0 Å². The average Bonchev–Trinajstić information content (AvgIpc) is 2.30. The number of likely N-dealkylation sites (N-methyl/N-ethyl adjacent to an activating group) is 1. The van der Waals surface area contributed by atoms with Crippen molar-refractivity contribution in [2.24, 2.45) is 0 Å². The maximum Gasteiger partial charge on any atom is 0.0632 e. The van der Waals surface area contributed by atoms with Crippen LogP contribution in [0.4, 0.5) is 0 Å². The fourth-order valence-electron chi connectivity index (χ4n) is 2.12. The summed E-state index contributed by atoms with van der Waals surface area (Å²) >= 11 is 3.50.